The van der Waals surface area contributed by atoms with Crippen molar-refractivity contribution in [1.29, 1.82) is 0 Å². The van der Waals surface area contributed by atoms with E-state index in [1.807, 2.05) is 48.0 Å². The largest absolute Gasteiger partial charge is 0.325 e. The minimum atomic E-state index is -0.0656. The van der Waals surface area contributed by atoms with Crippen molar-refractivity contribution >= 4 is 57.5 Å². The van der Waals surface area contributed by atoms with Gasteiger partial charge in [0.2, 0.25) is 5.91 Å². The monoisotopic (exact) mass is 526 g/mol. The number of rotatable bonds is 6. The van der Waals surface area contributed by atoms with E-state index in [0.717, 1.165) is 26.2 Å². The molecule has 5 nitrogen and oxygen atoms in total. The van der Waals surface area contributed by atoms with Gasteiger partial charge in [0, 0.05) is 26.9 Å². The molecule has 0 aliphatic heterocycles. The van der Waals surface area contributed by atoms with Gasteiger partial charge in [-0.2, -0.15) is 0 Å². The Labute approximate surface area is 187 Å². The third-order valence-electron chi connectivity index (χ3n) is 4.18. The molecule has 0 radical (unpaired) electrons. The number of benzene rings is 2. The van der Waals surface area contributed by atoms with E-state index in [1.165, 1.54) is 11.8 Å². The van der Waals surface area contributed by atoms with Crippen molar-refractivity contribution in [3.63, 3.8) is 0 Å². The summed E-state index contributed by atoms with van der Waals surface area (Å²) in [7, 11) is 1.89. The van der Waals surface area contributed by atoms with Crippen LogP contribution in [-0.2, 0) is 11.8 Å². The molecular formula is C20H20ClIN4OS. The summed E-state index contributed by atoms with van der Waals surface area (Å²) >= 11 is 9.59. The van der Waals surface area contributed by atoms with E-state index in [-0.39, 0.29) is 11.7 Å². The molecule has 0 fully saturated rings. The lowest BCUT2D eigenvalue weighted by molar-refractivity contribution is -0.113. The van der Waals surface area contributed by atoms with Crippen molar-refractivity contribution in [3.05, 3.63) is 56.6 Å². The minimum Gasteiger partial charge on any atom is -0.325 e. The van der Waals surface area contributed by atoms with Gasteiger partial charge in [0.05, 0.1) is 5.75 Å². The summed E-state index contributed by atoms with van der Waals surface area (Å²) in [4.78, 5) is 12.5. The van der Waals surface area contributed by atoms with E-state index in [1.54, 1.807) is 0 Å². The van der Waals surface area contributed by atoms with Crippen LogP contribution >= 0.6 is 46.0 Å². The van der Waals surface area contributed by atoms with E-state index in [4.69, 9.17) is 11.6 Å². The Bertz CT molecular complexity index is 988. The molecule has 1 heterocycles. The van der Waals surface area contributed by atoms with Crippen LogP contribution < -0.4 is 5.32 Å². The molecule has 146 valence electrons. The number of nitrogens with one attached hydrogen (secondary N) is 1. The first-order chi connectivity index (χ1) is 13.3. The fraction of sp³-hybridized carbons (Fsp3) is 0.250. The molecule has 0 aliphatic rings. The van der Waals surface area contributed by atoms with Gasteiger partial charge in [-0.25, -0.2) is 0 Å². The molecule has 0 atom stereocenters. The van der Waals surface area contributed by atoms with Crippen LogP contribution in [0, 0.1) is 3.57 Å². The number of anilines is 1. The Kier molecular flexibility index (Phi) is 7.00. The highest BCUT2D eigenvalue weighted by atomic mass is 127. The number of hydrogen-bond acceptors (Lipinski definition) is 4. The van der Waals surface area contributed by atoms with Gasteiger partial charge in [-0.05, 0) is 76.5 Å². The third kappa shape index (κ3) is 5.07. The van der Waals surface area contributed by atoms with Crippen molar-refractivity contribution in [2.24, 2.45) is 7.05 Å². The summed E-state index contributed by atoms with van der Waals surface area (Å²) < 4.78 is 3.04. The molecular weight excluding hydrogens is 507 g/mol. The summed E-state index contributed by atoms with van der Waals surface area (Å²) in [6.07, 6.45) is 0. The molecule has 0 saturated heterocycles. The molecule has 3 aromatic rings. The summed E-state index contributed by atoms with van der Waals surface area (Å²) in [6.45, 7) is 4.24. The minimum absolute atomic E-state index is 0.0656. The smallest absolute Gasteiger partial charge is 0.234 e. The molecule has 0 saturated carbocycles. The van der Waals surface area contributed by atoms with Crippen LogP contribution in [-0.4, -0.2) is 26.4 Å². The Morgan fingerprint density at radius 1 is 1.21 bits per heavy atom. The molecule has 1 N–H and O–H groups in total. The van der Waals surface area contributed by atoms with Gasteiger partial charge in [-0.1, -0.05) is 37.2 Å². The maximum atomic E-state index is 12.5. The maximum Gasteiger partial charge on any atom is 0.234 e. The SMILES string of the molecule is CC(C)c1cc(I)ccc1NC(=O)CSc1nnc(-c2ccc(Cl)cc2)n1C. The summed E-state index contributed by atoms with van der Waals surface area (Å²) in [6, 6.07) is 13.5. The molecule has 0 spiro atoms. The fourth-order valence-corrected chi connectivity index (χ4v) is 4.08. The Morgan fingerprint density at radius 2 is 1.93 bits per heavy atom. The van der Waals surface area contributed by atoms with Gasteiger partial charge in [-0.15, -0.1) is 10.2 Å². The fourth-order valence-electron chi connectivity index (χ4n) is 2.73. The number of nitrogens with zero attached hydrogens (tertiary/aromatic N) is 3. The molecule has 0 bridgehead atoms. The second kappa shape index (κ2) is 9.28. The van der Waals surface area contributed by atoms with Crippen LogP contribution in [0.5, 0.6) is 0 Å². The number of amides is 1. The molecule has 0 aliphatic carbocycles. The molecule has 2 aromatic carbocycles. The third-order valence-corrected chi connectivity index (χ3v) is 6.12. The molecule has 0 unspecified atom stereocenters. The van der Waals surface area contributed by atoms with Gasteiger partial charge in [0.25, 0.3) is 0 Å². The summed E-state index contributed by atoms with van der Waals surface area (Å²) in [5.74, 6) is 1.26. The lowest BCUT2D eigenvalue weighted by Gasteiger charge is -2.14. The average molecular weight is 527 g/mol. The number of carbonyl (C=O) groups excluding carboxylic acids is 1. The predicted molar refractivity (Wildman–Crippen MR) is 124 cm³/mol. The normalized spacial score (nSPS) is 11.1. The van der Waals surface area contributed by atoms with E-state index in [9.17, 15) is 4.79 Å². The van der Waals surface area contributed by atoms with E-state index >= 15 is 0 Å². The first kappa shape index (κ1) is 21.1. The lowest BCUT2D eigenvalue weighted by atomic mass is 10.0. The molecule has 1 amide bonds. The number of aromatic nitrogens is 3. The van der Waals surface area contributed by atoms with Gasteiger partial charge in [0.1, 0.15) is 0 Å². The van der Waals surface area contributed by atoms with E-state index < -0.39 is 0 Å². The predicted octanol–water partition coefficient (Wildman–Crippen LogP) is 5.59. The first-order valence-corrected chi connectivity index (χ1v) is 11.2. The van der Waals surface area contributed by atoms with Gasteiger partial charge in [-0.3, -0.25) is 4.79 Å². The zero-order valence-corrected chi connectivity index (χ0v) is 19.5. The molecule has 1 aromatic heterocycles. The van der Waals surface area contributed by atoms with Gasteiger partial charge in [0.15, 0.2) is 11.0 Å². The Balaban J connectivity index is 1.67. The zero-order chi connectivity index (χ0) is 20.3. The van der Waals surface area contributed by atoms with Gasteiger partial charge < -0.3 is 9.88 Å². The van der Waals surface area contributed by atoms with Crippen LogP contribution in [0.15, 0.2) is 47.6 Å². The summed E-state index contributed by atoms with van der Waals surface area (Å²) in [5.41, 5.74) is 2.92. The first-order valence-electron chi connectivity index (χ1n) is 8.72. The average Bonchev–Trinajstić information content (AvgIpc) is 3.02. The molecule has 28 heavy (non-hydrogen) atoms. The van der Waals surface area contributed by atoms with Crippen LogP contribution in [0.4, 0.5) is 5.69 Å². The standard InChI is InChI=1S/C20H20ClIN4OS/c1-12(2)16-10-15(22)8-9-17(16)23-18(27)11-28-20-25-24-19(26(20)3)13-4-6-14(21)7-5-13/h4-10,12H,11H2,1-3H3,(H,23,27). The van der Waals surface area contributed by atoms with Crippen molar-refractivity contribution in [3.8, 4) is 11.4 Å². The lowest BCUT2D eigenvalue weighted by Crippen LogP contribution is -2.16. The zero-order valence-electron chi connectivity index (χ0n) is 15.7. The van der Waals surface area contributed by atoms with Crippen molar-refractivity contribution in [2.45, 2.75) is 24.9 Å². The van der Waals surface area contributed by atoms with Crippen LogP contribution in [0.25, 0.3) is 11.4 Å². The Morgan fingerprint density at radius 3 is 2.61 bits per heavy atom. The highest BCUT2D eigenvalue weighted by Gasteiger charge is 2.14. The van der Waals surface area contributed by atoms with Crippen LogP contribution in [0.3, 0.4) is 0 Å². The topological polar surface area (TPSA) is 59.8 Å². The second-order valence-corrected chi connectivity index (χ2v) is 9.22. The van der Waals surface area contributed by atoms with Gasteiger partial charge >= 0.3 is 0 Å². The van der Waals surface area contributed by atoms with Crippen molar-refractivity contribution < 1.29 is 4.79 Å². The quantitative estimate of drug-likeness (QED) is 0.336. The molecule has 8 heteroatoms. The Hall–Kier alpha value is -1.58. The number of carbonyl (C=O) groups is 1. The van der Waals surface area contributed by atoms with E-state index in [2.05, 4.69) is 58.0 Å². The van der Waals surface area contributed by atoms with Crippen LogP contribution in [0.1, 0.15) is 25.3 Å². The second-order valence-electron chi connectivity index (χ2n) is 6.60. The maximum absolute atomic E-state index is 12.5. The number of thioether (sulfide) groups is 1. The highest BCUT2D eigenvalue weighted by Crippen LogP contribution is 2.27. The van der Waals surface area contributed by atoms with Crippen molar-refractivity contribution in [2.75, 3.05) is 11.1 Å². The number of hydrogen-bond donors (Lipinski definition) is 1. The molecule has 3 rings (SSSR count). The van der Waals surface area contributed by atoms with Crippen LogP contribution in [0.2, 0.25) is 5.02 Å². The number of halogens is 2. The van der Waals surface area contributed by atoms with E-state index in [0.29, 0.717) is 16.1 Å². The highest BCUT2D eigenvalue weighted by molar-refractivity contribution is 14.1. The van der Waals surface area contributed by atoms with Crippen molar-refractivity contribution in [1.82, 2.24) is 14.8 Å². The summed E-state index contributed by atoms with van der Waals surface area (Å²) in [5, 5.41) is 12.8.